The zero-order valence-electron chi connectivity index (χ0n) is 11.8. The summed E-state index contributed by atoms with van der Waals surface area (Å²) in [6, 6.07) is 0.450. The third-order valence-corrected chi connectivity index (χ3v) is 3.82. The van der Waals surface area contributed by atoms with Gasteiger partial charge in [0.1, 0.15) is 0 Å². The van der Waals surface area contributed by atoms with Crippen LogP contribution in [-0.2, 0) is 0 Å². The van der Waals surface area contributed by atoms with Crippen molar-refractivity contribution in [1.82, 2.24) is 15.3 Å². The van der Waals surface area contributed by atoms with E-state index in [1.54, 1.807) is 11.8 Å². The van der Waals surface area contributed by atoms with Crippen LogP contribution in [0.15, 0.2) is 5.16 Å². The Balaban J connectivity index is 2.62. The summed E-state index contributed by atoms with van der Waals surface area (Å²) in [4.78, 5) is 8.92. The predicted molar refractivity (Wildman–Crippen MR) is 76.1 cm³/mol. The van der Waals surface area contributed by atoms with Crippen LogP contribution >= 0.6 is 11.8 Å². The molecule has 2 N–H and O–H groups in total. The van der Waals surface area contributed by atoms with E-state index in [4.69, 9.17) is 0 Å². The van der Waals surface area contributed by atoms with E-state index in [1.165, 1.54) is 0 Å². The van der Waals surface area contributed by atoms with E-state index in [-0.39, 0.29) is 12.6 Å². The Morgan fingerprint density at radius 3 is 2.17 bits per heavy atom. The van der Waals surface area contributed by atoms with Gasteiger partial charge in [-0.3, -0.25) is 0 Å². The summed E-state index contributed by atoms with van der Waals surface area (Å²) < 4.78 is 0. The molecule has 1 rings (SSSR count). The topological polar surface area (TPSA) is 58.0 Å². The number of thioether (sulfide) groups is 1. The number of aromatic nitrogens is 2. The molecule has 18 heavy (non-hydrogen) atoms. The molecule has 0 amide bonds. The fourth-order valence-electron chi connectivity index (χ4n) is 1.61. The maximum atomic E-state index is 9.29. The molecule has 0 saturated heterocycles. The monoisotopic (exact) mass is 269 g/mol. The molecule has 5 heteroatoms. The van der Waals surface area contributed by atoms with Crippen molar-refractivity contribution in [2.45, 2.75) is 51.9 Å². The van der Waals surface area contributed by atoms with Crippen molar-refractivity contribution < 1.29 is 5.11 Å². The second-order valence-corrected chi connectivity index (χ2v) is 5.80. The van der Waals surface area contributed by atoms with Gasteiger partial charge in [-0.15, -0.1) is 0 Å². The lowest BCUT2D eigenvalue weighted by Crippen LogP contribution is -2.39. The van der Waals surface area contributed by atoms with Crippen LogP contribution < -0.4 is 5.32 Å². The Kier molecular flexibility index (Phi) is 6.05. The smallest absolute Gasteiger partial charge is 0.188 e. The highest BCUT2D eigenvalue weighted by atomic mass is 32.2. The summed E-state index contributed by atoms with van der Waals surface area (Å²) in [6.07, 6.45) is 0. The molecule has 1 unspecified atom stereocenters. The largest absolute Gasteiger partial charge is 0.395 e. The van der Waals surface area contributed by atoms with Crippen molar-refractivity contribution in [3.63, 3.8) is 0 Å². The Labute approximate surface area is 114 Å². The van der Waals surface area contributed by atoms with Gasteiger partial charge < -0.3 is 10.4 Å². The van der Waals surface area contributed by atoms with E-state index >= 15 is 0 Å². The molecule has 1 aromatic heterocycles. The van der Waals surface area contributed by atoms with Gasteiger partial charge in [0.05, 0.1) is 6.61 Å². The Morgan fingerprint density at radius 1 is 1.17 bits per heavy atom. The van der Waals surface area contributed by atoms with Crippen molar-refractivity contribution in [1.29, 1.82) is 0 Å². The lowest BCUT2D eigenvalue weighted by atomic mass is 10.2. The third-order valence-electron chi connectivity index (χ3n) is 2.82. The van der Waals surface area contributed by atoms with E-state index < -0.39 is 0 Å². The second kappa shape index (κ2) is 7.07. The van der Waals surface area contributed by atoms with Crippen LogP contribution in [0.3, 0.4) is 0 Å². The quantitative estimate of drug-likeness (QED) is 0.610. The molecule has 0 aliphatic carbocycles. The summed E-state index contributed by atoms with van der Waals surface area (Å²) in [6.45, 7) is 10.3. The maximum Gasteiger partial charge on any atom is 0.188 e. The number of aliphatic hydroxyl groups excluding tert-OH is 1. The second-order valence-electron chi connectivity index (χ2n) is 4.81. The molecular weight excluding hydrogens is 246 g/mol. The summed E-state index contributed by atoms with van der Waals surface area (Å²) in [5, 5.41) is 13.4. The highest BCUT2D eigenvalue weighted by Gasteiger charge is 2.11. The molecule has 0 radical (unpaired) electrons. The van der Waals surface area contributed by atoms with Crippen LogP contribution in [0, 0.1) is 20.8 Å². The minimum Gasteiger partial charge on any atom is -0.395 e. The fourth-order valence-corrected chi connectivity index (χ4v) is 2.56. The average molecular weight is 269 g/mol. The fraction of sp³-hybridized carbons (Fsp3) is 0.692. The number of hydrogen-bond acceptors (Lipinski definition) is 5. The van der Waals surface area contributed by atoms with Crippen molar-refractivity contribution in [2.75, 3.05) is 12.4 Å². The molecule has 1 atom stereocenters. The van der Waals surface area contributed by atoms with Gasteiger partial charge in [-0.1, -0.05) is 25.6 Å². The van der Waals surface area contributed by atoms with E-state index in [2.05, 4.69) is 29.1 Å². The average Bonchev–Trinajstić information content (AvgIpc) is 2.30. The number of aryl methyl sites for hydroxylation is 2. The van der Waals surface area contributed by atoms with Crippen LogP contribution in [-0.4, -0.2) is 39.5 Å². The molecule has 0 saturated carbocycles. The van der Waals surface area contributed by atoms with Crippen molar-refractivity contribution >= 4 is 11.8 Å². The van der Waals surface area contributed by atoms with Gasteiger partial charge >= 0.3 is 0 Å². The Morgan fingerprint density at radius 2 is 1.72 bits per heavy atom. The zero-order chi connectivity index (χ0) is 13.7. The summed E-state index contributed by atoms with van der Waals surface area (Å²) in [5.41, 5.74) is 3.21. The maximum absolute atomic E-state index is 9.29. The van der Waals surface area contributed by atoms with Crippen molar-refractivity contribution in [3.05, 3.63) is 17.0 Å². The molecule has 0 aliphatic rings. The van der Waals surface area contributed by atoms with Crippen LogP contribution in [0.1, 0.15) is 30.8 Å². The third kappa shape index (κ3) is 4.55. The van der Waals surface area contributed by atoms with E-state index in [9.17, 15) is 5.11 Å². The van der Waals surface area contributed by atoms with E-state index in [0.29, 0.717) is 6.04 Å². The molecule has 0 aromatic carbocycles. The molecule has 0 aliphatic heterocycles. The number of rotatable bonds is 6. The summed E-state index contributed by atoms with van der Waals surface area (Å²) >= 11 is 1.59. The lowest BCUT2D eigenvalue weighted by Gasteiger charge is -2.18. The molecule has 0 fully saturated rings. The van der Waals surface area contributed by atoms with Crippen LogP contribution in [0.25, 0.3) is 0 Å². The van der Waals surface area contributed by atoms with E-state index in [1.807, 2.05) is 20.8 Å². The molecule has 1 aromatic rings. The van der Waals surface area contributed by atoms with Gasteiger partial charge in [-0.25, -0.2) is 9.97 Å². The summed E-state index contributed by atoms with van der Waals surface area (Å²) in [7, 11) is 0. The van der Waals surface area contributed by atoms with Gasteiger partial charge in [0.15, 0.2) is 5.16 Å². The van der Waals surface area contributed by atoms with Gasteiger partial charge in [0.2, 0.25) is 0 Å². The first-order valence-corrected chi connectivity index (χ1v) is 7.24. The number of nitrogens with one attached hydrogen (secondary N) is 1. The van der Waals surface area contributed by atoms with Crippen LogP contribution in [0.5, 0.6) is 0 Å². The highest BCUT2D eigenvalue weighted by molar-refractivity contribution is 7.99. The molecule has 0 spiro atoms. The van der Waals surface area contributed by atoms with Gasteiger partial charge in [0, 0.05) is 29.2 Å². The first-order chi connectivity index (χ1) is 8.43. The number of hydrogen-bond donors (Lipinski definition) is 2. The van der Waals surface area contributed by atoms with Gasteiger partial charge in [0.25, 0.3) is 0 Å². The standard InChI is InChI=1S/C13H23N3OS/c1-8(2)14-12(6-17)7-18-13-15-10(4)9(3)11(5)16-13/h8,12,14,17H,6-7H2,1-5H3. The predicted octanol–water partition coefficient (Wildman–Crippen LogP) is 1.85. The van der Waals surface area contributed by atoms with Crippen molar-refractivity contribution in [3.8, 4) is 0 Å². The Hall–Kier alpha value is -0.650. The minimum atomic E-state index is 0.0838. The van der Waals surface area contributed by atoms with E-state index in [0.717, 1.165) is 27.9 Å². The first-order valence-electron chi connectivity index (χ1n) is 6.25. The lowest BCUT2D eigenvalue weighted by molar-refractivity contribution is 0.247. The SMILES string of the molecule is Cc1nc(SCC(CO)NC(C)C)nc(C)c1C. The summed E-state index contributed by atoms with van der Waals surface area (Å²) in [5.74, 6) is 0.774. The normalized spacial score (nSPS) is 13.1. The molecule has 1 heterocycles. The van der Waals surface area contributed by atoms with Gasteiger partial charge in [-0.2, -0.15) is 0 Å². The van der Waals surface area contributed by atoms with Crippen LogP contribution in [0.2, 0.25) is 0 Å². The number of nitrogens with zero attached hydrogens (tertiary/aromatic N) is 2. The van der Waals surface area contributed by atoms with Crippen LogP contribution in [0.4, 0.5) is 0 Å². The molecule has 4 nitrogen and oxygen atoms in total. The number of aliphatic hydroxyl groups is 1. The molecule has 102 valence electrons. The van der Waals surface area contributed by atoms with Gasteiger partial charge in [-0.05, 0) is 26.3 Å². The highest BCUT2D eigenvalue weighted by Crippen LogP contribution is 2.17. The molecular formula is C13H23N3OS. The van der Waals surface area contributed by atoms with Crippen molar-refractivity contribution in [2.24, 2.45) is 0 Å². The molecule has 0 bridgehead atoms. The Bertz CT molecular complexity index is 373. The first kappa shape index (κ1) is 15.4. The zero-order valence-corrected chi connectivity index (χ0v) is 12.6. The minimum absolute atomic E-state index is 0.0838.